The van der Waals surface area contributed by atoms with Gasteiger partial charge in [0.05, 0.1) is 4.91 Å². The lowest BCUT2D eigenvalue weighted by atomic mass is 10.0. The minimum Gasteiger partial charge on any atom is -0.267 e. The molecule has 0 bridgehead atoms. The highest BCUT2D eigenvalue weighted by atomic mass is 32.2. The Morgan fingerprint density at radius 1 is 0.829 bits per heavy atom. The number of hydrogen-bond donors (Lipinski definition) is 1. The van der Waals surface area contributed by atoms with Crippen LogP contribution in [-0.2, 0) is 4.79 Å². The SMILES string of the molecule is O=C(NN1C(=O)/C(=C/c2ccccc2)SC1c1cccc(F)c1)c1ccc(-c2ccccc2)cc1. The number of hydrazine groups is 1. The minimum absolute atomic E-state index is 0.345. The van der Waals surface area contributed by atoms with Gasteiger partial charge in [-0.15, -0.1) is 0 Å². The standard InChI is InChI=1S/C29H21FN2O2S/c30-25-13-7-12-24(19-25)29-32(28(34)26(35-29)18-20-8-3-1-4-9-20)31-27(33)23-16-14-22(15-17-23)21-10-5-2-6-11-21/h1-19,29H,(H,31,33)/b26-18-. The molecule has 1 saturated heterocycles. The molecule has 4 nitrogen and oxygen atoms in total. The zero-order chi connectivity index (χ0) is 24.2. The van der Waals surface area contributed by atoms with E-state index in [1.54, 1.807) is 30.3 Å². The van der Waals surface area contributed by atoms with Crippen LogP contribution in [0.2, 0.25) is 0 Å². The summed E-state index contributed by atoms with van der Waals surface area (Å²) in [5.41, 5.74) is 6.65. The highest BCUT2D eigenvalue weighted by Crippen LogP contribution is 2.45. The van der Waals surface area contributed by atoms with E-state index < -0.39 is 17.1 Å². The number of carbonyl (C=O) groups excluding carboxylic acids is 2. The van der Waals surface area contributed by atoms with Crippen LogP contribution in [0.15, 0.2) is 114 Å². The van der Waals surface area contributed by atoms with Crippen LogP contribution in [0.1, 0.15) is 26.9 Å². The molecular weight excluding hydrogens is 459 g/mol. The second-order valence-corrected chi connectivity index (χ2v) is 9.13. The number of benzene rings is 4. The predicted molar refractivity (Wildman–Crippen MR) is 137 cm³/mol. The fourth-order valence-corrected chi connectivity index (χ4v) is 5.03. The normalized spacial score (nSPS) is 16.5. The van der Waals surface area contributed by atoms with Gasteiger partial charge >= 0.3 is 0 Å². The maximum absolute atomic E-state index is 14.0. The van der Waals surface area contributed by atoms with Crippen molar-refractivity contribution >= 4 is 29.7 Å². The van der Waals surface area contributed by atoms with Crippen molar-refractivity contribution in [3.63, 3.8) is 0 Å². The highest BCUT2D eigenvalue weighted by Gasteiger charge is 2.38. The number of nitrogens with zero attached hydrogens (tertiary/aromatic N) is 1. The maximum Gasteiger partial charge on any atom is 0.280 e. The van der Waals surface area contributed by atoms with Gasteiger partial charge in [0.1, 0.15) is 11.2 Å². The lowest BCUT2D eigenvalue weighted by Crippen LogP contribution is -2.44. The molecule has 4 aromatic rings. The Bertz CT molecular complexity index is 1390. The summed E-state index contributed by atoms with van der Waals surface area (Å²) < 4.78 is 14.0. The molecule has 0 aliphatic carbocycles. The monoisotopic (exact) mass is 480 g/mol. The van der Waals surface area contributed by atoms with Gasteiger partial charge in [-0.25, -0.2) is 9.40 Å². The van der Waals surface area contributed by atoms with E-state index in [0.29, 0.717) is 16.0 Å². The summed E-state index contributed by atoms with van der Waals surface area (Å²) in [4.78, 5) is 26.9. The molecule has 1 heterocycles. The molecule has 1 fully saturated rings. The second kappa shape index (κ2) is 9.99. The first-order valence-electron chi connectivity index (χ1n) is 11.1. The van der Waals surface area contributed by atoms with Gasteiger partial charge in [-0.2, -0.15) is 0 Å². The smallest absolute Gasteiger partial charge is 0.267 e. The van der Waals surface area contributed by atoms with Gasteiger partial charge in [0.2, 0.25) is 0 Å². The third kappa shape index (κ3) is 5.03. The van der Waals surface area contributed by atoms with E-state index in [0.717, 1.165) is 16.7 Å². The molecule has 6 heteroatoms. The summed E-state index contributed by atoms with van der Waals surface area (Å²) in [6.45, 7) is 0. The van der Waals surface area contributed by atoms with Crippen molar-refractivity contribution in [2.45, 2.75) is 5.37 Å². The largest absolute Gasteiger partial charge is 0.280 e. The van der Waals surface area contributed by atoms with Crippen LogP contribution < -0.4 is 5.43 Å². The Morgan fingerprint density at radius 2 is 1.49 bits per heavy atom. The van der Waals surface area contributed by atoms with Gasteiger partial charge in [0.25, 0.3) is 11.8 Å². The molecule has 0 spiro atoms. The topological polar surface area (TPSA) is 49.4 Å². The maximum atomic E-state index is 14.0. The molecule has 1 unspecified atom stereocenters. The highest BCUT2D eigenvalue weighted by molar-refractivity contribution is 8.04. The first-order chi connectivity index (χ1) is 17.1. The van der Waals surface area contributed by atoms with Gasteiger partial charge in [0.15, 0.2) is 0 Å². The number of thioether (sulfide) groups is 1. The molecule has 2 amide bonds. The van der Waals surface area contributed by atoms with E-state index in [9.17, 15) is 14.0 Å². The number of nitrogens with one attached hydrogen (secondary N) is 1. The fraction of sp³-hybridized carbons (Fsp3) is 0.0345. The summed E-state index contributed by atoms with van der Waals surface area (Å²) in [5.74, 6) is -1.16. The molecular formula is C29H21FN2O2S. The molecule has 172 valence electrons. The van der Waals surface area contributed by atoms with E-state index in [2.05, 4.69) is 5.43 Å². The zero-order valence-corrected chi connectivity index (χ0v) is 19.4. The fourth-order valence-electron chi connectivity index (χ4n) is 3.85. The molecule has 0 radical (unpaired) electrons. The van der Waals surface area contributed by atoms with Gasteiger partial charge in [0, 0.05) is 5.56 Å². The average molecular weight is 481 g/mol. The van der Waals surface area contributed by atoms with Crippen molar-refractivity contribution in [2.75, 3.05) is 0 Å². The molecule has 0 aromatic heterocycles. The third-order valence-electron chi connectivity index (χ3n) is 5.61. The predicted octanol–water partition coefficient (Wildman–Crippen LogP) is 6.45. The molecule has 35 heavy (non-hydrogen) atoms. The first kappa shape index (κ1) is 22.6. The van der Waals surface area contributed by atoms with Gasteiger partial charge in [-0.3, -0.25) is 15.0 Å². The van der Waals surface area contributed by atoms with Gasteiger partial charge < -0.3 is 0 Å². The third-order valence-corrected chi connectivity index (χ3v) is 6.86. The summed E-state index contributed by atoms with van der Waals surface area (Å²) in [6.07, 6.45) is 1.78. The van der Waals surface area contributed by atoms with Crippen molar-refractivity contribution in [1.29, 1.82) is 0 Å². The summed E-state index contributed by atoms with van der Waals surface area (Å²) in [6, 6.07) is 32.6. The molecule has 1 atom stereocenters. The Balaban J connectivity index is 1.42. The van der Waals surface area contributed by atoms with Crippen molar-refractivity contribution in [3.8, 4) is 11.1 Å². The van der Waals surface area contributed by atoms with E-state index in [1.807, 2.05) is 72.8 Å². The number of hydrogen-bond acceptors (Lipinski definition) is 3. The zero-order valence-electron chi connectivity index (χ0n) is 18.6. The van der Waals surface area contributed by atoms with Crippen molar-refractivity contribution in [3.05, 3.63) is 137 Å². The number of halogens is 1. The van der Waals surface area contributed by atoms with E-state index >= 15 is 0 Å². The quantitative estimate of drug-likeness (QED) is 0.334. The van der Waals surface area contributed by atoms with Crippen LogP contribution in [0.5, 0.6) is 0 Å². The molecule has 0 saturated carbocycles. The Morgan fingerprint density at radius 3 is 2.17 bits per heavy atom. The molecule has 1 aliphatic heterocycles. The second-order valence-electron chi connectivity index (χ2n) is 8.00. The van der Waals surface area contributed by atoms with E-state index in [4.69, 9.17) is 0 Å². The lowest BCUT2D eigenvalue weighted by Gasteiger charge is -2.24. The minimum atomic E-state index is -0.597. The molecule has 4 aromatic carbocycles. The average Bonchev–Trinajstić information content (AvgIpc) is 3.20. The first-order valence-corrected chi connectivity index (χ1v) is 12.0. The van der Waals surface area contributed by atoms with Crippen molar-refractivity contribution < 1.29 is 14.0 Å². The number of rotatable bonds is 5. The number of amides is 2. The summed E-state index contributed by atoms with van der Waals surface area (Å²) in [5, 5.41) is 0.683. The van der Waals surface area contributed by atoms with Crippen LogP contribution in [0.3, 0.4) is 0 Å². The van der Waals surface area contributed by atoms with E-state index in [-0.39, 0.29) is 5.91 Å². The van der Waals surface area contributed by atoms with Crippen LogP contribution in [-0.4, -0.2) is 16.8 Å². The van der Waals surface area contributed by atoms with Crippen LogP contribution in [0.4, 0.5) is 4.39 Å². The molecule has 1 N–H and O–H groups in total. The van der Waals surface area contributed by atoms with Gasteiger partial charge in [-0.05, 0) is 52.6 Å². The Kier molecular flexibility index (Phi) is 6.46. The Labute approximate surface area is 207 Å². The summed E-state index contributed by atoms with van der Waals surface area (Å²) in [7, 11) is 0. The molecule has 1 aliphatic rings. The number of carbonyl (C=O) groups is 2. The Hall–Kier alpha value is -4.16. The van der Waals surface area contributed by atoms with Gasteiger partial charge in [-0.1, -0.05) is 96.7 Å². The molecule has 5 rings (SSSR count). The van der Waals surface area contributed by atoms with Crippen LogP contribution in [0, 0.1) is 5.82 Å². The summed E-state index contributed by atoms with van der Waals surface area (Å²) >= 11 is 1.28. The lowest BCUT2D eigenvalue weighted by molar-refractivity contribution is -0.128. The van der Waals surface area contributed by atoms with Crippen LogP contribution >= 0.6 is 11.8 Å². The van der Waals surface area contributed by atoms with E-state index in [1.165, 1.54) is 28.9 Å². The van der Waals surface area contributed by atoms with Crippen LogP contribution in [0.25, 0.3) is 17.2 Å². The van der Waals surface area contributed by atoms with Crippen molar-refractivity contribution in [1.82, 2.24) is 10.4 Å². The van der Waals surface area contributed by atoms with Crippen molar-refractivity contribution in [2.24, 2.45) is 0 Å².